The molecule has 0 fully saturated rings. The van der Waals surface area contributed by atoms with E-state index in [9.17, 15) is 0 Å². The Hall–Kier alpha value is -0.590. The van der Waals surface area contributed by atoms with E-state index in [1.807, 2.05) is 18.8 Å². The number of phenols is 1. The molecule has 0 aliphatic heterocycles. The van der Waals surface area contributed by atoms with Crippen molar-refractivity contribution in [2.24, 2.45) is 0 Å². The van der Waals surface area contributed by atoms with Crippen LogP contribution in [0.2, 0.25) is 0 Å². The Balaban J connectivity index is 2.52. The van der Waals surface area contributed by atoms with Crippen molar-refractivity contribution in [2.75, 3.05) is 12.8 Å². The highest BCUT2D eigenvalue weighted by atomic mass is 31.1. The smallest absolute Gasteiger partial charge is 0.115 e. The van der Waals surface area contributed by atoms with Gasteiger partial charge < -0.3 is 10.00 Å². The molecule has 1 unspecified atom stereocenters. The Labute approximate surface area is 73.7 Å². The average molecular weight is 184 g/mol. The molecule has 0 aliphatic carbocycles. The highest BCUT2D eigenvalue weighted by molar-refractivity contribution is 7.50. The summed E-state index contributed by atoms with van der Waals surface area (Å²) in [4.78, 5) is 9.09. The lowest BCUT2D eigenvalue weighted by Gasteiger charge is -2.03. The lowest BCUT2D eigenvalue weighted by atomic mass is 10.2. The maximum Gasteiger partial charge on any atom is 0.115 e. The van der Waals surface area contributed by atoms with Gasteiger partial charge in [0.05, 0.1) is 0 Å². The highest BCUT2D eigenvalue weighted by Gasteiger charge is 1.98. The zero-order valence-corrected chi connectivity index (χ0v) is 7.96. The molecule has 3 heteroatoms. The van der Waals surface area contributed by atoms with Gasteiger partial charge in [0.2, 0.25) is 0 Å². The molecule has 2 nitrogen and oxygen atoms in total. The van der Waals surface area contributed by atoms with E-state index in [1.165, 1.54) is 0 Å². The Bertz CT molecular complexity index is 248. The van der Waals surface area contributed by atoms with Gasteiger partial charge in [0.1, 0.15) is 5.75 Å². The lowest BCUT2D eigenvalue weighted by Crippen LogP contribution is -1.89. The van der Waals surface area contributed by atoms with Gasteiger partial charge in [-0.25, -0.2) is 0 Å². The molecule has 0 amide bonds. The zero-order valence-electron chi connectivity index (χ0n) is 7.07. The van der Waals surface area contributed by atoms with Crippen LogP contribution in [0.4, 0.5) is 0 Å². The van der Waals surface area contributed by atoms with E-state index >= 15 is 0 Å². The average Bonchev–Trinajstić information content (AvgIpc) is 2.01. The summed E-state index contributed by atoms with van der Waals surface area (Å²) in [7, 11) is -0.815. The fraction of sp³-hybridized carbons (Fsp3) is 0.333. The van der Waals surface area contributed by atoms with Crippen LogP contribution in [0.25, 0.3) is 0 Å². The number of aromatic hydroxyl groups is 1. The topological polar surface area (TPSA) is 40.5 Å². The first-order chi connectivity index (χ1) is 5.68. The van der Waals surface area contributed by atoms with Crippen LogP contribution in [0.15, 0.2) is 24.3 Å². The van der Waals surface area contributed by atoms with Crippen molar-refractivity contribution >= 4 is 8.15 Å². The number of benzene rings is 1. The van der Waals surface area contributed by atoms with Crippen molar-refractivity contribution in [3.05, 3.63) is 29.8 Å². The second kappa shape index (κ2) is 4.44. The van der Waals surface area contributed by atoms with Crippen molar-refractivity contribution in [3.63, 3.8) is 0 Å². The minimum atomic E-state index is -0.815. The predicted octanol–water partition coefficient (Wildman–Crippen LogP) is 1.95. The summed E-state index contributed by atoms with van der Waals surface area (Å²) in [5.41, 5.74) is 1.08. The Morgan fingerprint density at radius 3 is 2.75 bits per heavy atom. The standard InChI is InChI=1S/C9H13O2P/c1-12(11)6-5-8-3-2-4-9(10)7-8/h2-4,7,10-11H,5-6H2,1H3. The van der Waals surface area contributed by atoms with E-state index in [0.29, 0.717) is 5.75 Å². The summed E-state index contributed by atoms with van der Waals surface area (Å²) in [5, 5.41) is 9.12. The molecule has 0 aliphatic rings. The molecular weight excluding hydrogens is 171 g/mol. The SMILES string of the molecule is CP(O)CCc1cccc(O)c1. The largest absolute Gasteiger partial charge is 0.508 e. The third-order valence-corrected chi connectivity index (χ3v) is 2.51. The van der Waals surface area contributed by atoms with Crippen LogP contribution in [0.5, 0.6) is 5.75 Å². The minimum Gasteiger partial charge on any atom is -0.508 e. The van der Waals surface area contributed by atoms with E-state index in [2.05, 4.69) is 0 Å². The van der Waals surface area contributed by atoms with E-state index in [-0.39, 0.29) is 0 Å². The molecule has 0 heterocycles. The number of hydrogen-bond donors (Lipinski definition) is 2. The van der Waals surface area contributed by atoms with Gasteiger partial charge in [0, 0.05) is 8.15 Å². The van der Waals surface area contributed by atoms with Crippen molar-refractivity contribution in [3.8, 4) is 5.75 Å². The quantitative estimate of drug-likeness (QED) is 0.705. The molecule has 66 valence electrons. The molecule has 1 aromatic rings. The maximum atomic E-state index is 9.12. The molecule has 2 N–H and O–H groups in total. The number of hydrogen-bond acceptors (Lipinski definition) is 2. The normalized spacial score (nSPS) is 12.8. The molecule has 12 heavy (non-hydrogen) atoms. The van der Waals surface area contributed by atoms with Crippen molar-refractivity contribution < 1.29 is 10.00 Å². The Kier molecular flexibility index (Phi) is 3.51. The third-order valence-electron chi connectivity index (χ3n) is 1.63. The summed E-state index contributed by atoms with van der Waals surface area (Å²) < 4.78 is 0. The first-order valence-corrected chi connectivity index (χ1v) is 5.79. The van der Waals surface area contributed by atoms with Gasteiger partial charge in [-0.2, -0.15) is 0 Å². The van der Waals surface area contributed by atoms with Crippen LogP contribution >= 0.6 is 8.15 Å². The number of phenolic OH excluding ortho intramolecular Hbond substituents is 1. The van der Waals surface area contributed by atoms with E-state index in [4.69, 9.17) is 10.00 Å². The molecule has 0 aromatic heterocycles. The fourth-order valence-electron chi connectivity index (χ4n) is 1.00. The molecule has 1 atom stereocenters. The minimum absolute atomic E-state index is 0.297. The van der Waals surface area contributed by atoms with Crippen LogP contribution in [-0.4, -0.2) is 22.8 Å². The van der Waals surface area contributed by atoms with Crippen molar-refractivity contribution in [2.45, 2.75) is 6.42 Å². The summed E-state index contributed by atoms with van der Waals surface area (Å²) in [6.45, 7) is 1.83. The first-order valence-electron chi connectivity index (χ1n) is 3.86. The first kappa shape index (κ1) is 9.50. The lowest BCUT2D eigenvalue weighted by molar-refractivity contribution is 0.474. The molecule has 0 radical (unpaired) electrons. The van der Waals surface area contributed by atoms with E-state index in [0.717, 1.165) is 18.1 Å². The Morgan fingerprint density at radius 1 is 1.42 bits per heavy atom. The second-order valence-electron chi connectivity index (χ2n) is 2.80. The Morgan fingerprint density at radius 2 is 2.17 bits per heavy atom. The van der Waals surface area contributed by atoms with Crippen LogP contribution in [0.3, 0.4) is 0 Å². The zero-order chi connectivity index (χ0) is 8.97. The molecule has 0 spiro atoms. The molecule has 1 rings (SSSR count). The van der Waals surface area contributed by atoms with Crippen LogP contribution < -0.4 is 0 Å². The molecular formula is C9H13O2P. The summed E-state index contributed by atoms with van der Waals surface area (Å²) in [5.74, 6) is 0.297. The highest BCUT2D eigenvalue weighted by Crippen LogP contribution is 2.25. The van der Waals surface area contributed by atoms with Crippen LogP contribution in [-0.2, 0) is 6.42 Å². The monoisotopic (exact) mass is 184 g/mol. The van der Waals surface area contributed by atoms with Gasteiger partial charge in [0.15, 0.2) is 0 Å². The molecule has 0 saturated heterocycles. The predicted molar refractivity (Wildman–Crippen MR) is 51.7 cm³/mol. The van der Waals surface area contributed by atoms with Gasteiger partial charge in [-0.05, 0) is 36.9 Å². The van der Waals surface area contributed by atoms with Crippen LogP contribution in [0.1, 0.15) is 5.56 Å². The molecule has 0 bridgehead atoms. The van der Waals surface area contributed by atoms with Gasteiger partial charge in [-0.1, -0.05) is 12.1 Å². The molecule has 1 aromatic carbocycles. The van der Waals surface area contributed by atoms with Crippen molar-refractivity contribution in [1.29, 1.82) is 0 Å². The van der Waals surface area contributed by atoms with E-state index in [1.54, 1.807) is 12.1 Å². The third kappa shape index (κ3) is 3.21. The number of rotatable bonds is 3. The van der Waals surface area contributed by atoms with Crippen LogP contribution in [0, 0.1) is 0 Å². The van der Waals surface area contributed by atoms with E-state index < -0.39 is 8.15 Å². The van der Waals surface area contributed by atoms with Gasteiger partial charge in [-0.3, -0.25) is 0 Å². The second-order valence-corrected chi connectivity index (χ2v) is 4.56. The fourth-order valence-corrected chi connectivity index (χ4v) is 1.58. The summed E-state index contributed by atoms with van der Waals surface area (Å²) in [6, 6.07) is 7.16. The van der Waals surface area contributed by atoms with Gasteiger partial charge >= 0.3 is 0 Å². The molecule has 0 saturated carbocycles. The summed E-state index contributed by atoms with van der Waals surface area (Å²) >= 11 is 0. The maximum absolute atomic E-state index is 9.12. The van der Waals surface area contributed by atoms with Gasteiger partial charge in [0.25, 0.3) is 0 Å². The van der Waals surface area contributed by atoms with Crippen molar-refractivity contribution in [1.82, 2.24) is 0 Å². The summed E-state index contributed by atoms with van der Waals surface area (Å²) in [6.07, 6.45) is 1.64. The number of aryl methyl sites for hydroxylation is 1. The van der Waals surface area contributed by atoms with Gasteiger partial charge in [-0.15, -0.1) is 0 Å².